The smallest absolute Gasteiger partial charge is 0.338 e. The van der Waals surface area contributed by atoms with Gasteiger partial charge >= 0.3 is 5.97 Å². The maximum Gasteiger partial charge on any atom is 0.338 e. The second kappa shape index (κ2) is 7.36. The summed E-state index contributed by atoms with van der Waals surface area (Å²) in [5, 5.41) is 0. The summed E-state index contributed by atoms with van der Waals surface area (Å²) >= 11 is 10.2. The lowest BCUT2D eigenvalue weighted by Crippen LogP contribution is -2.29. The molecule has 0 aliphatic heterocycles. The Hall–Kier alpha value is -0.260. The molecule has 0 fully saturated rings. The lowest BCUT2D eigenvalue weighted by atomic mass is 10.1. The summed E-state index contributed by atoms with van der Waals surface area (Å²) in [6.07, 6.45) is 0.456. The summed E-state index contributed by atoms with van der Waals surface area (Å²) in [5.74, 6) is 0.480. The lowest BCUT2D eigenvalue weighted by Gasteiger charge is -2.17. The maximum absolute atomic E-state index is 13.3. The number of carbonyl (C=O) groups is 1. The Morgan fingerprint density at radius 3 is 2.83 bits per heavy atom. The Kier molecular flexibility index (Phi) is 6.46. The van der Waals surface area contributed by atoms with Crippen LogP contribution in [0.3, 0.4) is 0 Å². The van der Waals surface area contributed by atoms with Crippen LogP contribution in [0.15, 0.2) is 24.3 Å². The monoisotopic (exact) mass is 354 g/mol. The summed E-state index contributed by atoms with van der Waals surface area (Å²) < 4.78 is 17.7. The van der Waals surface area contributed by atoms with Gasteiger partial charge in [0.05, 0.1) is 0 Å². The van der Waals surface area contributed by atoms with Gasteiger partial charge < -0.3 is 3.83 Å². The van der Waals surface area contributed by atoms with Crippen LogP contribution in [-0.2, 0) is 14.4 Å². The van der Waals surface area contributed by atoms with Gasteiger partial charge in [-0.3, -0.25) is 0 Å². The molecule has 0 saturated carbocycles. The second-order valence-corrected chi connectivity index (χ2v) is 6.22. The molecule has 6 heteroatoms. The third-order valence-electron chi connectivity index (χ3n) is 2.43. The van der Waals surface area contributed by atoms with Crippen molar-refractivity contribution >= 4 is 45.6 Å². The van der Waals surface area contributed by atoms with Crippen molar-refractivity contribution in [3.05, 3.63) is 35.6 Å². The largest absolute Gasteiger partial charge is 0.382 e. The average Bonchev–Trinajstić information content (AvgIpc) is 2.35. The van der Waals surface area contributed by atoms with E-state index in [1.165, 1.54) is 17.8 Å². The first-order valence-corrected chi connectivity index (χ1v) is 7.48. The van der Waals surface area contributed by atoms with Gasteiger partial charge in [-0.05, 0) is 30.7 Å². The lowest BCUT2D eigenvalue weighted by molar-refractivity contribution is -0.134. The average molecular weight is 356 g/mol. The van der Waals surface area contributed by atoms with E-state index in [4.69, 9.17) is 11.6 Å². The van der Waals surface area contributed by atoms with Crippen LogP contribution in [-0.4, -0.2) is 16.6 Å². The SMILES string of the molecule is CC(Cl)(CCSCc1ccccc1F)C(=O)OBr. The highest BCUT2D eigenvalue weighted by molar-refractivity contribution is 9.06. The zero-order valence-electron chi connectivity index (χ0n) is 9.79. The van der Waals surface area contributed by atoms with Gasteiger partial charge in [-0.15, -0.1) is 11.6 Å². The highest BCUT2D eigenvalue weighted by Gasteiger charge is 2.31. The maximum atomic E-state index is 13.3. The summed E-state index contributed by atoms with van der Waals surface area (Å²) in [4.78, 5) is 10.2. The molecule has 2 nitrogen and oxygen atoms in total. The summed E-state index contributed by atoms with van der Waals surface area (Å²) in [5.41, 5.74) is 0.654. The van der Waals surface area contributed by atoms with E-state index < -0.39 is 10.8 Å². The Labute approximate surface area is 124 Å². The van der Waals surface area contributed by atoms with Gasteiger partial charge in [0, 0.05) is 5.75 Å². The van der Waals surface area contributed by atoms with Gasteiger partial charge in [-0.2, -0.15) is 11.8 Å². The van der Waals surface area contributed by atoms with E-state index in [9.17, 15) is 9.18 Å². The fourth-order valence-corrected chi connectivity index (χ4v) is 3.09. The summed E-state index contributed by atoms with van der Waals surface area (Å²) in [7, 11) is 0. The normalized spacial score (nSPS) is 14.0. The second-order valence-electron chi connectivity index (χ2n) is 3.96. The Morgan fingerprint density at radius 1 is 1.56 bits per heavy atom. The number of hydrogen-bond donors (Lipinski definition) is 0. The molecule has 0 aliphatic carbocycles. The van der Waals surface area contributed by atoms with Crippen LogP contribution in [0.5, 0.6) is 0 Å². The van der Waals surface area contributed by atoms with E-state index >= 15 is 0 Å². The van der Waals surface area contributed by atoms with Crippen molar-refractivity contribution in [3.63, 3.8) is 0 Å². The van der Waals surface area contributed by atoms with E-state index in [1.807, 2.05) is 0 Å². The first-order valence-electron chi connectivity index (χ1n) is 5.30. The van der Waals surface area contributed by atoms with Crippen molar-refractivity contribution in [2.24, 2.45) is 0 Å². The molecule has 1 rings (SSSR count). The molecule has 0 amide bonds. The van der Waals surface area contributed by atoms with Gasteiger partial charge in [0.1, 0.15) is 10.7 Å². The predicted octanol–water partition coefficient (Wildman–Crippen LogP) is 4.30. The molecule has 1 atom stereocenters. The number of halogens is 3. The van der Waals surface area contributed by atoms with E-state index in [1.54, 1.807) is 25.1 Å². The molecule has 0 saturated heterocycles. The molecule has 0 spiro atoms. The topological polar surface area (TPSA) is 26.3 Å². The van der Waals surface area contributed by atoms with Crippen molar-refractivity contribution < 1.29 is 13.0 Å². The molecule has 1 unspecified atom stereocenters. The Balaban J connectivity index is 2.35. The summed E-state index contributed by atoms with van der Waals surface area (Å²) in [6.45, 7) is 1.60. The highest BCUT2D eigenvalue weighted by Crippen LogP contribution is 2.25. The summed E-state index contributed by atoms with van der Waals surface area (Å²) in [6, 6.07) is 6.64. The molecule has 1 aromatic rings. The van der Waals surface area contributed by atoms with Crippen LogP contribution in [0.1, 0.15) is 18.9 Å². The molecular formula is C12H13BrClFO2S. The van der Waals surface area contributed by atoms with E-state index in [2.05, 4.69) is 20.1 Å². The minimum atomic E-state index is -1.05. The molecule has 18 heavy (non-hydrogen) atoms. The van der Waals surface area contributed by atoms with Crippen molar-refractivity contribution in [2.75, 3.05) is 5.75 Å². The number of hydrogen-bond acceptors (Lipinski definition) is 3. The number of thioether (sulfide) groups is 1. The molecular weight excluding hydrogens is 343 g/mol. The van der Waals surface area contributed by atoms with Crippen LogP contribution >= 0.6 is 39.6 Å². The minimum Gasteiger partial charge on any atom is -0.382 e. The van der Waals surface area contributed by atoms with Crippen molar-refractivity contribution in [2.45, 2.75) is 24.0 Å². The van der Waals surface area contributed by atoms with Crippen molar-refractivity contribution in [1.82, 2.24) is 0 Å². The van der Waals surface area contributed by atoms with Crippen LogP contribution in [0.2, 0.25) is 0 Å². The number of benzene rings is 1. The van der Waals surface area contributed by atoms with Crippen molar-refractivity contribution in [1.29, 1.82) is 0 Å². The van der Waals surface area contributed by atoms with Gasteiger partial charge in [-0.1, -0.05) is 18.2 Å². The third-order valence-corrected chi connectivity index (χ3v) is 4.07. The van der Waals surface area contributed by atoms with Crippen molar-refractivity contribution in [3.8, 4) is 0 Å². The first kappa shape index (κ1) is 15.8. The zero-order valence-corrected chi connectivity index (χ0v) is 12.9. The fourth-order valence-electron chi connectivity index (χ4n) is 1.24. The molecule has 1 aromatic carbocycles. The standard InChI is InChI=1S/C12H13BrClFO2S/c1-12(14,11(16)17-13)6-7-18-8-9-4-2-3-5-10(9)15/h2-5H,6-8H2,1H3. The fraction of sp³-hybridized carbons (Fsp3) is 0.417. The van der Waals surface area contributed by atoms with Gasteiger partial charge in [0.25, 0.3) is 0 Å². The highest BCUT2D eigenvalue weighted by atomic mass is 79.9. The predicted molar refractivity (Wildman–Crippen MR) is 76.5 cm³/mol. The third kappa shape index (κ3) is 4.78. The zero-order chi connectivity index (χ0) is 13.6. The molecule has 0 bridgehead atoms. The molecule has 0 aromatic heterocycles. The Morgan fingerprint density at radius 2 is 2.22 bits per heavy atom. The van der Waals surface area contributed by atoms with Crippen LogP contribution < -0.4 is 0 Å². The van der Waals surface area contributed by atoms with Gasteiger partial charge in [0.2, 0.25) is 0 Å². The first-order chi connectivity index (χ1) is 8.47. The Bertz CT molecular complexity index is 415. The molecule has 0 N–H and O–H groups in total. The van der Waals surface area contributed by atoms with Gasteiger partial charge in [0.15, 0.2) is 16.3 Å². The molecule has 0 aliphatic rings. The molecule has 0 heterocycles. The minimum absolute atomic E-state index is 0.210. The number of alkyl halides is 1. The van der Waals surface area contributed by atoms with E-state index in [0.717, 1.165) is 0 Å². The van der Waals surface area contributed by atoms with Gasteiger partial charge in [-0.25, -0.2) is 9.18 Å². The van der Waals surface area contributed by atoms with Crippen LogP contribution in [0.25, 0.3) is 0 Å². The molecule has 100 valence electrons. The van der Waals surface area contributed by atoms with E-state index in [0.29, 0.717) is 23.5 Å². The van der Waals surface area contributed by atoms with E-state index in [-0.39, 0.29) is 5.82 Å². The number of rotatable bonds is 6. The quantitative estimate of drug-likeness (QED) is 0.562. The van der Waals surface area contributed by atoms with Crippen LogP contribution in [0.4, 0.5) is 4.39 Å². The molecule has 0 radical (unpaired) electrons. The van der Waals surface area contributed by atoms with Crippen LogP contribution in [0, 0.1) is 5.82 Å². The number of carbonyl (C=O) groups excluding carboxylic acids is 1.